The molecule has 0 fully saturated rings. The second-order valence-electron chi connectivity index (χ2n) is 5.91. The Morgan fingerprint density at radius 3 is 2.19 bits per heavy atom. The van der Waals surface area contributed by atoms with Crippen molar-refractivity contribution in [3.8, 4) is 11.5 Å². The summed E-state index contributed by atoms with van der Waals surface area (Å²) >= 11 is 0. The van der Waals surface area contributed by atoms with Crippen molar-refractivity contribution in [3.63, 3.8) is 0 Å². The number of aliphatic hydroxyl groups is 1. The summed E-state index contributed by atoms with van der Waals surface area (Å²) in [6.07, 6.45) is -0.154. The van der Waals surface area contributed by atoms with Crippen molar-refractivity contribution in [1.82, 2.24) is 4.31 Å². The Bertz CT molecular complexity index is 834. The molecule has 2 rings (SSSR count). The van der Waals surface area contributed by atoms with E-state index in [1.165, 1.54) is 21.3 Å². The highest BCUT2D eigenvalue weighted by atomic mass is 32.2. The Balaban J connectivity index is 2.18. The van der Waals surface area contributed by atoms with Gasteiger partial charge in [-0.05, 0) is 41.8 Å². The molecule has 0 aliphatic heterocycles. The van der Waals surface area contributed by atoms with Gasteiger partial charge in [-0.15, -0.1) is 0 Å². The average Bonchev–Trinajstić information content (AvgIpc) is 2.67. The van der Waals surface area contributed by atoms with Crippen LogP contribution in [0.5, 0.6) is 11.5 Å². The molecule has 1 atom stereocenters. The van der Waals surface area contributed by atoms with Crippen LogP contribution in [0.25, 0.3) is 0 Å². The number of rotatable bonds is 8. The number of sulfonamides is 1. The summed E-state index contributed by atoms with van der Waals surface area (Å²) in [7, 11) is 0.804. The molecule has 7 heteroatoms. The maximum atomic E-state index is 12.7. The predicted molar refractivity (Wildman–Crippen MR) is 100 cm³/mol. The lowest BCUT2D eigenvalue weighted by molar-refractivity contribution is 0.154. The van der Waals surface area contributed by atoms with E-state index in [-0.39, 0.29) is 11.4 Å². The van der Waals surface area contributed by atoms with Crippen LogP contribution in [-0.2, 0) is 16.4 Å². The highest BCUT2D eigenvalue weighted by Crippen LogP contribution is 2.30. The van der Waals surface area contributed by atoms with Crippen LogP contribution in [0.2, 0.25) is 0 Å². The highest BCUT2D eigenvalue weighted by molar-refractivity contribution is 7.89. The number of hydrogen-bond acceptors (Lipinski definition) is 5. The molecule has 1 unspecified atom stereocenters. The average molecular weight is 379 g/mol. The van der Waals surface area contributed by atoms with Crippen molar-refractivity contribution in [2.45, 2.75) is 24.3 Å². The minimum Gasteiger partial charge on any atom is -0.493 e. The monoisotopic (exact) mass is 379 g/mol. The Kier molecular flexibility index (Phi) is 6.63. The van der Waals surface area contributed by atoms with Crippen molar-refractivity contribution < 1.29 is 23.0 Å². The maximum Gasteiger partial charge on any atom is 0.242 e. The zero-order valence-corrected chi connectivity index (χ0v) is 16.3. The molecule has 0 bridgehead atoms. The number of methoxy groups -OCH3 is 2. The van der Waals surface area contributed by atoms with E-state index < -0.39 is 16.1 Å². The van der Waals surface area contributed by atoms with Crippen LogP contribution in [0.15, 0.2) is 47.4 Å². The number of aryl methyl sites for hydroxylation is 1. The number of benzene rings is 2. The fraction of sp³-hybridized carbons (Fsp3) is 0.368. The first-order chi connectivity index (χ1) is 12.3. The second-order valence-corrected chi connectivity index (χ2v) is 7.96. The fourth-order valence-electron chi connectivity index (χ4n) is 2.58. The van der Waals surface area contributed by atoms with Gasteiger partial charge in [0, 0.05) is 13.6 Å². The van der Waals surface area contributed by atoms with Crippen LogP contribution in [0, 0.1) is 0 Å². The van der Waals surface area contributed by atoms with E-state index >= 15 is 0 Å². The predicted octanol–water partition coefficient (Wildman–Crippen LogP) is 2.62. The molecular formula is C19H25NO5S. The zero-order valence-electron chi connectivity index (χ0n) is 15.5. The first-order valence-electron chi connectivity index (χ1n) is 8.28. The van der Waals surface area contributed by atoms with Gasteiger partial charge < -0.3 is 14.6 Å². The Labute approximate surface area is 155 Å². The molecule has 142 valence electrons. The van der Waals surface area contributed by atoms with E-state index in [0.717, 1.165) is 16.3 Å². The molecule has 0 heterocycles. The van der Waals surface area contributed by atoms with Crippen LogP contribution in [0.3, 0.4) is 0 Å². The molecule has 1 N–H and O–H groups in total. The van der Waals surface area contributed by atoms with E-state index in [2.05, 4.69) is 0 Å². The van der Waals surface area contributed by atoms with E-state index in [0.29, 0.717) is 17.1 Å². The lowest BCUT2D eigenvalue weighted by Gasteiger charge is -2.21. The zero-order chi connectivity index (χ0) is 19.3. The highest BCUT2D eigenvalue weighted by Gasteiger charge is 2.24. The van der Waals surface area contributed by atoms with E-state index in [4.69, 9.17) is 9.47 Å². The van der Waals surface area contributed by atoms with Crippen LogP contribution < -0.4 is 9.47 Å². The van der Waals surface area contributed by atoms with Gasteiger partial charge >= 0.3 is 0 Å². The van der Waals surface area contributed by atoms with Gasteiger partial charge in [-0.3, -0.25) is 0 Å². The Morgan fingerprint density at radius 1 is 1.04 bits per heavy atom. The van der Waals surface area contributed by atoms with Gasteiger partial charge in [0.1, 0.15) is 0 Å². The fourth-order valence-corrected chi connectivity index (χ4v) is 3.76. The summed E-state index contributed by atoms with van der Waals surface area (Å²) in [6, 6.07) is 11.8. The Morgan fingerprint density at radius 2 is 1.65 bits per heavy atom. The number of nitrogens with zero attached hydrogens (tertiary/aromatic N) is 1. The number of ether oxygens (including phenoxy) is 2. The van der Waals surface area contributed by atoms with Gasteiger partial charge in [-0.2, -0.15) is 4.31 Å². The molecule has 0 aromatic heterocycles. The van der Waals surface area contributed by atoms with E-state index in [1.54, 1.807) is 42.5 Å². The van der Waals surface area contributed by atoms with Crippen molar-refractivity contribution in [3.05, 3.63) is 53.6 Å². The third-order valence-electron chi connectivity index (χ3n) is 4.26. The summed E-state index contributed by atoms with van der Waals surface area (Å²) in [5.41, 5.74) is 1.61. The molecule has 2 aromatic rings. The first kappa shape index (κ1) is 20.2. The van der Waals surface area contributed by atoms with Crippen LogP contribution in [0.4, 0.5) is 0 Å². The van der Waals surface area contributed by atoms with Gasteiger partial charge in [0.05, 0.1) is 25.2 Å². The summed E-state index contributed by atoms with van der Waals surface area (Å²) in [4.78, 5) is 0.205. The minimum absolute atomic E-state index is 0.0760. The second kappa shape index (κ2) is 8.53. The molecule has 6 nitrogen and oxygen atoms in total. The summed E-state index contributed by atoms with van der Waals surface area (Å²) in [5.74, 6) is 1.02. The van der Waals surface area contributed by atoms with Crippen molar-refractivity contribution in [2.24, 2.45) is 0 Å². The molecule has 0 amide bonds. The number of likely N-dealkylation sites (N-methyl/N-ethyl adjacent to an activating group) is 1. The number of hydrogen-bond donors (Lipinski definition) is 1. The first-order valence-corrected chi connectivity index (χ1v) is 9.72. The molecule has 2 aromatic carbocycles. The summed E-state index contributed by atoms with van der Waals surface area (Å²) < 4.78 is 36.9. The quantitative estimate of drug-likeness (QED) is 0.763. The molecule has 0 saturated carbocycles. The van der Waals surface area contributed by atoms with Gasteiger partial charge in [0.2, 0.25) is 10.0 Å². The maximum absolute atomic E-state index is 12.7. The normalized spacial score (nSPS) is 12.8. The van der Waals surface area contributed by atoms with E-state index in [9.17, 15) is 13.5 Å². The SMILES string of the molecule is CCc1ccc(S(=O)(=O)N(C)CC(O)c2ccc(OC)c(OC)c2)cc1. The summed E-state index contributed by atoms with van der Waals surface area (Å²) in [5, 5.41) is 10.5. The van der Waals surface area contributed by atoms with E-state index in [1.807, 2.05) is 6.92 Å². The minimum atomic E-state index is -3.68. The smallest absolute Gasteiger partial charge is 0.242 e. The van der Waals surface area contributed by atoms with Crippen LogP contribution in [-0.4, -0.2) is 45.6 Å². The van der Waals surface area contributed by atoms with Crippen molar-refractivity contribution in [1.29, 1.82) is 0 Å². The third-order valence-corrected chi connectivity index (χ3v) is 6.10. The van der Waals surface area contributed by atoms with Gasteiger partial charge in [-0.25, -0.2) is 8.42 Å². The summed E-state index contributed by atoms with van der Waals surface area (Å²) in [6.45, 7) is 1.93. The van der Waals surface area contributed by atoms with Crippen molar-refractivity contribution >= 4 is 10.0 Å². The standard InChI is InChI=1S/C19H25NO5S/c1-5-14-6-9-16(10-7-14)26(22,23)20(2)13-17(21)15-8-11-18(24-3)19(12-15)25-4/h6-12,17,21H,5,13H2,1-4H3. The van der Waals surface area contributed by atoms with Gasteiger partial charge in [-0.1, -0.05) is 25.1 Å². The molecule has 0 aliphatic carbocycles. The van der Waals surface area contributed by atoms with Crippen molar-refractivity contribution in [2.75, 3.05) is 27.8 Å². The molecule has 0 aliphatic rings. The van der Waals surface area contributed by atoms with Gasteiger partial charge in [0.15, 0.2) is 11.5 Å². The molecule has 26 heavy (non-hydrogen) atoms. The van der Waals surface area contributed by atoms with Gasteiger partial charge in [0.25, 0.3) is 0 Å². The van der Waals surface area contributed by atoms with Crippen LogP contribution in [0.1, 0.15) is 24.2 Å². The Hall–Kier alpha value is -2.09. The van der Waals surface area contributed by atoms with Crippen LogP contribution >= 0.6 is 0 Å². The largest absolute Gasteiger partial charge is 0.493 e. The lowest BCUT2D eigenvalue weighted by atomic mass is 10.1. The molecule has 0 radical (unpaired) electrons. The molecule has 0 saturated heterocycles. The third kappa shape index (κ3) is 4.35. The number of aliphatic hydroxyl groups excluding tert-OH is 1. The molecule has 0 spiro atoms. The topological polar surface area (TPSA) is 76.1 Å². The lowest BCUT2D eigenvalue weighted by Crippen LogP contribution is -2.31. The molecular weight excluding hydrogens is 354 g/mol.